The van der Waals surface area contributed by atoms with Crippen LogP contribution in [0.25, 0.3) is 11.0 Å². The molecule has 0 saturated heterocycles. The van der Waals surface area contributed by atoms with Gasteiger partial charge in [-0.25, -0.2) is 4.98 Å². The number of carbonyl (C=O) groups excluding carboxylic acids is 2. The topological polar surface area (TPSA) is 98.0 Å². The number of rotatable bonds is 4. The second-order valence-corrected chi connectivity index (χ2v) is 4.99. The predicted molar refractivity (Wildman–Crippen MR) is 85.7 cm³/mol. The van der Waals surface area contributed by atoms with Gasteiger partial charge in [-0.2, -0.15) is 0 Å². The van der Waals surface area contributed by atoms with Crippen molar-refractivity contribution in [3.8, 4) is 0 Å². The first-order valence-electron chi connectivity index (χ1n) is 7.02. The van der Waals surface area contributed by atoms with Gasteiger partial charge in [-0.05, 0) is 29.8 Å². The number of hydrogen-bond donors (Lipinski definition) is 2. The van der Waals surface area contributed by atoms with Crippen LogP contribution in [0.15, 0.2) is 54.7 Å². The molecule has 2 aromatic carbocycles. The molecule has 0 aliphatic carbocycles. The highest BCUT2D eigenvalue weighted by Crippen LogP contribution is 2.09. The molecule has 0 atom stereocenters. The van der Waals surface area contributed by atoms with E-state index in [1.54, 1.807) is 30.3 Å². The average molecular weight is 306 g/mol. The quantitative estimate of drug-likeness (QED) is 0.766. The molecule has 0 unspecified atom stereocenters. The van der Waals surface area contributed by atoms with Crippen LogP contribution in [0.3, 0.4) is 0 Å². The van der Waals surface area contributed by atoms with Gasteiger partial charge in [-0.3, -0.25) is 14.6 Å². The maximum Gasteiger partial charge on any atom is 0.271 e. The number of nitrogens with zero attached hydrogens (tertiary/aromatic N) is 2. The molecule has 2 amide bonds. The molecule has 6 nitrogen and oxygen atoms in total. The lowest BCUT2D eigenvalue weighted by Gasteiger charge is -2.06. The Hall–Kier alpha value is -3.28. The first-order chi connectivity index (χ1) is 11.1. The SMILES string of the molecule is NC(=O)c1cccc(CNC(=O)c2cnc3ccccc3n2)c1. The van der Waals surface area contributed by atoms with Crippen molar-refractivity contribution >= 4 is 22.8 Å². The number of para-hydroxylation sites is 2. The Morgan fingerprint density at radius 1 is 1.04 bits per heavy atom. The van der Waals surface area contributed by atoms with Crippen LogP contribution in [-0.2, 0) is 6.54 Å². The van der Waals surface area contributed by atoms with Gasteiger partial charge in [-0.1, -0.05) is 24.3 Å². The summed E-state index contributed by atoms with van der Waals surface area (Å²) in [6, 6.07) is 14.1. The third kappa shape index (κ3) is 3.32. The standard InChI is InChI=1S/C17H14N4O2/c18-16(22)12-5-3-4-11(8-12)9-20-17(23)15-10-19-13-6-1-2-7-14(13)21-15/h1-8,10H,9H2,(H2,18,22)(H,20,23). The van der Waals surface area contributed by atoms with E-state index in [1.807, 2.05) is 18.2 Å². The highest BCUT2D eigenvalue weighted by atomic mass is 16.2. The number of aromatic nitrogens is 2. The fourth-order valence-electron chi connectivity index (χ4n) is 2.17. The first-order valence-corrected chi connectivity index (χ1v) is 7.02. The number of primary amides is 1. The molecule has 0 aliphatic rings. The van der Waals surface area contributed by atoms with Crippen molar-refractivity contribution < 1.29 is 9.59 Å². The number of amides is 2. The van der Waals surface area contributed by atoms with Crippen molar-refractivity contribution in [3.05, 3.63) is 71.5 Å². The Balaban J connectivity index is 1.73. The van der Waals surface area contributed by atoms with Gasteiger partial charge >= 0.3 is 0 Å². The summed E-state index contributed by atoms with van der Waals surface area (Å²) in [5.74, 6) is -0.827. The van der Waals surface area contributed by atoms with Crippen molar-refractivity contribution in [1.29, 1.82) is 0 Å². The molecule has 0 bridgehead atoms. The van der Waals surface area contributed by atoms with E-state index in [2.05, 4.69) is 15.3 Å². The molecule has 3 N–H and O–H groups in total. The molecule has 0 aliphatic heterocycles. The summed E-state index contributed by atoms with van der Waals surface area (Å²) in [6.07, 6.45) is 1.44. The van der Waals surface area contributed by atoms with Crippen LogP contribution in [0.4, 0.5) is 0 Å². The maximum absolute atomic E-state index is 12.2. The smallest absolute Gasteiger partial charge is 0.271 e. The normalized spacial score (nSPS) is 10.4. The second-order valence-electron chi connectivity index (χ2n) is 4.99. The van der Waals surface area contributed by atoms with Gasteiger partial charge in [0.05, 0.1) is 17.2 Å². The minimum atomic E-state index is -0.501. The van der Waals surface area contributed by atoms with Crippen molar-refractivity contribution in [2.24, 2.45) is 5.73 Å². The van der Waals surface area contributed by atoms with Crippen molar-refractivity contribution in [3.63, 3.8) is 0 Å². The molecule has 0 fully saturated rings. The van der Waals surface area contributed by atoms with E-state index in [1.165, 1.54) is 6.20 Å². The van der Waals surface area contributed by atoms with Crippen LogP contribution in [-0.4, -0.2) is 21.8 Å². The summed E-state index contributed by atoms with van der Waals surface area (Å²) < 4.78 is 0. The Labute approximate surface area is 132 Å². The lowest BCUT2D eigenvalue weighted by atomic mass is 10.1. The highest BCUT2D eigenvalue weighted by Gasteiger charge is 2.09. The molecule has 3 aromatic rings. The van der Waals surface area contributed by atoms with Gasteiger partial charge in [-0.15, -0.1) is 0 Å². The molecule has 114 valence electrons. The molecule has 0 radical (unpaired) electrons. The minimum absolute atomic E-state index is 0.245. The second kappa shape index (κ2) is 6.23. The highest BCUT2D eigenvalue weighted by molar-refractivity contribution is 5.94. The van der Waals surface area contributed by atoms with E-state index in [0.717, 1.165) is 11.1 Å². The Morgan fingerprint density at radius 2 is 1.83 bits per heavy atom. The molecule has 6 heteroatoms. The van der Waals surface area contributed by atoms with Crippen LogP contribution in [0, 0.1) is 0 Å². The Bertz CT molecular complexity index is 892. The van der Waals surface area contributed by atoms with Crippen molar-refractivity contribution in [2.75, 3.05) is 0 Å². The van der Waals surface area contributed by atoms with Gasteiger partial charge in [0.25, 0.3) is 5.91 Å². The zero-order valence-corrected chi connectivity index (χ0v) is 12.2. The number of nitrogens with two attached hydrogens (primary N) is 1. The zero-order chi connectivity index (χ0) is 16.2. The Morgan fingerprint density at radius 3 is 2.61 bits per heavy atom. The fourth-order valence-corrected chi connectivity index (χ4v) is 2.17. The fraction of sp³-hybridized carbons (Fsp3) is 0.0588. The summed E-state index contributed by atoms with van der Waals surface area (Å²) >= 11 is 0. The first kappa shape index (κ1) is 14.6. The van der Waals surface area contributed by atoms with E-state index in [0.29, 0.717) is 11.1 Å². The Kier molecular flexibility index (Phi) is 3.97. The minimum Gasteiger partial charge on any atom is -0.366 e. The van der Waals surface area contributed by atoms with E-state index in [4.69, 9.17) is 5.73 Å². The van der Waals surface area contributed by atoms with Crippen LogP contribution in [0.1, 0.15) is 26.4 Å². The molecule has 1 heterocycles. The molecule has 0 saturated carbocycles. The third-order valence-corrected chi connectivity index (χ3v) is 3.35. The monoisotopic (exact) mass is 306 g/mol. The van der Waals surface area contributed by atoms with E-state index in [9.17, 15) is 9.59 Å². The molecular weight excluding hydrogens is 292 g/mol. The van der Waals surface area contributed by atoms with Crippen molar-refractivity contribution in [1.82, 2.24) is 15.3 Å². The number of fused-ring (bicyclic) bond motifs is 1. The van der Waals surface area contributed by atoms with E-state index in [-0.39, 0.29) is 18.1 Å². The molecular formula is C17H14N4O2. The summed E-state index contributed by atoms with van der Waals surface area (Å²) in [6.45, 7) is 0.272. The average Bonchev–Trinajstić information content (AvgIpc) is 2.59. The lowest BCUT2D eigenvalue weighted by molar-refractivity contribution is 0.0945. The number of hydrogen-bond acceptors (Lipinski definition) is 4. The molecule has 1 aromatic heterocycles. The summed E-state index contributed by atoms with van der Waals surface area (Å²) in [4.78, 5) is 31.8. The summed E-state index contributed by atoms with van der Waals surface area (Å²) in [7, 11) is 0. The summed E-state index contributed by atoms with van der Waals surface area (Å²) in [5, 5.41) is 2.75. The zero-order valence-electron chi connectivity index (χ0n) is 12.2. The molecule has 0 spiro atoms. The van der Waals surface area contributed by atoms with Crippen LogP contribution >= 0.6 is 0 Å². The predicted octanol–water partition coefficient (Wildman–Crippen LogP) is 1.66. The van der Waals surface area contributed by atoms with Gasteiger partial charge in [0.15, 0.2) is 0 Å². The number of benzene rings is 2. The van der Waals surface area contributed by atoms with Gasteiger partial charge in [0.2, 0.25) is 5.91 Å². The van der Waals surface area contributed by atoms with Crippen LogP contribution < -0.4 is 11.1 Å². The van der Waals surface area contributed by atoms with Gasteiger partial charge in [0, 0.05) is 12.1 Å². The number of carbonyl (C=O) groups is 2. The van der Waals surface area contributed by atoms with Crippen LogP contribution in [0.2, 0.25) is 0 Å². The molecule has 3 rings (SSSR count). The lowest BCUT2D eigenvalue weighted by Crippen LogP contribution is -2.24. The largest absolute Gasteiger partial charge is 0.366 e. The molecule has 23 heavy (non-hydrogen) atoms. The van der Waals surface area contributed by atoms with Crippen molar-refractivity contribution in [2.45, 2.75) is 6.54 Å². The number of nitrogens with one attached hydrogen (secondary N) is 1. The third-order valence-electron chi connectivity index (χ3n) is 3.35. The van der Waals surface area contributed by atoms with E-state index >= 15 is 0 Å². The van der Waals surface area contributed by atoms with E-state index < -0.39 is 5.91 Å². The van der Waals surface area contributed by atoms with Gasteiger partial charge < -0.3 is 11.1 Å². The summed E-state index contributed by atoms with van der Waals surface area (Å²) in [5.41, 5.74) is 8.07. The van der Waals surface area contributed by atoms with Gasteiger partial charge in [0.1, 0.15) is 5.69 Å². The maximum atomic E-state index is 12.2. The van der Waals surface area contributed by atoms with Crippen LogP contribution in [0.5, 0.6) is 0 Å².